The number of rotatable bonds is 5. The minimum Gasteiger partial charge on any atom is -0.461 e. The summed E-state index contributed by atoms with van der Waals surface area (Å²) in [5.74, 6) is 3.25. The van der Waals surface area contributed by atoms with Gasteiger partial charge in [-0.1, -0.05) is 73.5 Å². The summed E-state index contributed by atoms with van der Waals surface area (Å²) in [7, 11) is 1.85. The second-order valence-electron chi connectivity index (χ2n) is 10.8. The fraction of sp³-hybridized carbons (Fsp3) is 0.667. The number of nitrogens with zero attached hydrogens (tertiary/aromatic N) is 1. The standard InChI is InChI=1S/C19H28N2O.C8H18/c1-13(12-20)10-16(21-5)14-6-7-15(11-14)17-8-9-18(22-17)19(2,3)4;1-6-7(2)8(3,4)5/h8-11,14H,6-7,12,20H2,1-5H3;7H,6H2,1-5H3/b13-10+,21-16?;. The van der Waals surface area contributed by atoms with Gasteiger partial charge in [-0.2, -0.15) is 0 Å². The van der Waals surface area contributed by atoms with Crippen molar-refractivity contribution < 1.29 is 4.42 Å². The highest BCUT2D eigenvalue weighted by Gasteiger charge is 2.24. The molecule has 0 aromatic carbocycles. The van der Waals surface area contributed by atoms with E-state index in [-0.39, 0.29) is 5.41 Å². The Labute approximate surface area is 185 Å². The molecule has 0 bridgehead atoms. The molecule has 1 aromatic heterocycles. The lowest BCUT2D eigenvalue weighted by atomic mass is 9.81. The van der Waals surface area contributed by atoms with Crippen molar-refractivity contribution in [1.29, 1.82) is 0 Å². The van der Waals surface area contributed by atoms with Crippen molar-refractivity contribution in [2.24, 2.45) is 28.0 Å². The van der Waals surface area contributed by atoms with Gasteiger partial charge < -0.3 is 10.2 Å². The largest absolute Gasteiger partial charge is 0.461 e. The van der Waals surface area contributed by atoms with Crippen LogP contribution in [0.5, 0.6) is 0 Å². The van der Waals surface area contributed by atoms with Gasteiger partial charge in [0.15, 0.2) is 0 Å². The second-order valence-corrected chi connectivity index (χ2v) is 10.8. The molecular formula is C27H46N2O. The third kappa shape index (κ3) is 7.91. The summed E-state index contributed by atoms with van der Waals surface area (Å²) >= 11 is 0. The van der Waals surface area contributed by atoms with Crippen LogP contribution in [0.4, 0.5) is 0 Å². The molecule has 3 heteroatoms. The molecule has 2 rings (SSSR count). The molecule has 3 nitrogen and oxygen atoms in total. The molecule has 0 spiro atoms. The molecule has 0 saturated carbocycles. The highest BCUT2D eigenvalue weighted by Crippen LogP contribution is 2.35. The summed E-state index contributed by atoms with van der Waals surface area (Å²) in [5, 5.41) is 0. The van der Waals surface area contributed by atoms with Crippen LogP contribution in [0.1, 0.15) is 93.1 Å². The molecule has 2 unspecified atom stereocenters. The highest BCUT2D eigenvalue weighted by atomic mass is 16.3. The minimum absolute atomic E-state index is 0.0494. The first-order valence-electron chi connectivity index (χ1n) is 11.5. The van der Waals surface area contributed by atoms with Crippen LogP contribution < -0.4 is 5.73 Å². The van der Waals surface area contributed by atoms with Crippen molar-refractivity contribution >= 4 is 11.3 Å². The van der Waals surface area contributed by atoms with Crippen LogP contribution in [0, 0.1) is 17.3 Å². The Balaban J connectivity index is 0.000000479. The van der Waals surface area contributed by atoms with E-state index in [1.165, 1.54) is 12.0 Å². The van der Waals surface area contributed by atoms with Gasteiger partial charge >= 0.3 is 0 Å². The summed E-state index contributed by atoms with van der Waals surface area (Å²) in [5.41, 5.74) is 9.81. The zero-order chi connectivity index (χ0) is 23.1. The summed E-state index contributed by atoms with van der Waals surface area (Å²) in [6.07, 6.45) is 7.84. The smallest absolute Gasteiger partial charge is 0.129 e. The third-order valence-electron chi connectivity index (χ3n) is 6.23. The fourth-order valence-corrected chi connectivity index (χ4v) is 3.33. The van der Waals surface area contributed by atoms with Gasteiger partial charge in [0.05, 0.1) is 0 Å². The molecule has 0 fully saturated rings. The van der Waals surface area contributed by atoms with Crippen molar-refractivity contribution in [2.45, 2.75) is 87.0 Å². The Morgan fingerprint density at radius 3 is 2.27 bits per heavy atom. The number of nitrogens with two attached hydrogens (primary N) is 1. The van der Waals surface area contributed by atoms with Crippen molar-refractivity contribution in [3.63, 3.8) is 0 Å². The predicted octanol–water partition coefficient (Wildman–Crippen LogP) is 7.42. The van der Waals surface area contributed by atoms with E-state index in [9.17, 15) is 0 Å². The lowest BCUT2D eigenvalue weighted by molar-refractivity contribution is 0.254. The number of hydrogen-bond acceptors (Lipinski definition) is 3. The maximum atomic E-state index is 6.05. The molecule has 30 heavy (non-hydrogen) atoms. The molecule has 2 atom stereocenters. The Morgan fingerprint density at radius 1 is 1.23 bits per heavy atom. The number of aliphatic imine (C=N–C) groups is 1. The van der Waals surface area contributed by atoms with Gasteiger partial charge in [-0.05, 0) is 54.9 Å². The van der Waals surface area contributed by atoms with E-state index in [1.54, 1.807) is 0 Å². The van der Waals surface area contributed by atoms with E-state index in [0.717, 1.165) is 41.6 Å². The van der Waals surface area contributed by atoms with Gasteiger partial charge in [-0.3, -0.25) is 4.99 Å². The molecule has 0 amide bonds. The van der Waals surface area contributed by atoms with Gasteiger partial charge in [0.1, 0.15) is 11.5 Å². The summed E-state index contributed by atoms with van der Waals surface area (Å²) in [4.78, 5) is 4.44. The van der Waals surface area contributed by atoms with E-state index in [4.69, 9.17) is 10.2 Å². The molecule has 170 valence electrons. The molecule has 1 heterocycles. The quantitative estimate of drug-likeness (QED) is 0.509. The minimum atomic E-state index is 0.0494. The zero-order valence-electron chi connectivity index (χ0n) is 21.2. The first-order chi connectivity index (χ1) is 13.8. The Hall–Kier alpha value is -1.61. The van der Waals surface area contributed by atoms with Gasteiger partial charge in [0, 0.05) is 30.6 Å². The molecule has 2 N–H and O–H groups in total. The third-order valence-corrected chi connectivity index (χ3v) is 6.23. The molecule has 0 aliphatic heterocycles. The summed E-state index contributed by atoms with van der Waals surface area (Å²) < 4.78 is 6.05. The molecule has 1 aliphatic rings. The molecule has 1 aliphatic carbocycles. The zero-order valence-corrected chi connectivity index (χ0v) is 21.2. The normalized spacial score (nSPS) is 19.3. The highest BCUT2D eigenvalue weighted by molar-refractivity contribution is 6.00. The summed E-state index contributed by atoms with van der Waals surface area (Å²) in [6, 6.07) is 4.19. The van der Waals surface area contributed by atoms with Crippen LogP contribution in [0.3, 0.4) is 0 Å². The maximum Gasteiger partial charge on any atom is 0.129 e. The van der Waals surface area contributed by atoms with Crippen molar-refractivity contribution in [1.82, 2.24) is 0 Å². The van der Waals surface area contributed by atoms with Crippen LogP contribution in [0.2, 0.25) is 0 Å². The van der Waals surface area contributed by atoms with Gasteiger partial charge in [-0.15, -0.1) is 0 Å². The van der Waals surface area contributed by atoms with E-state index >= 15 is 0 Å². The van der Waals surface area contributed by atoms with Crippen LogP contribution in [-0.2, 0) is 5.41 Å². The fourth-order valence-electron chi connectivity index (χ4n) is 3.33. The van der Waals surface area contributed by atoms with Crippen molar-refractivity contribution in [3.8, 4) is 0 Å². The van der Waals surface area contributed by atoms with Gasteiger partial charge in [0.2, 0.25) is 0 Å². The molecule has 0 radical (unpaired) electrons. The van der Waals surface area contributed by atoms with Crippen molar-refractivity contribution in [3.05, 3.63) is 41.4 Å². The van der Waals surface area contributed by atoms with Gasteiger partial charge in [-0.25, -0.2) is 0 Å². The van der Waals surface area contributed by atoms with E-state index in [0.29, 0.717) is 17.9 Å². The van der Waals surface area contributed by atoms with Crippen molar-refractivity contribution in [2.75, 3.05) is 13.6 Å². The lowest BCUT2D eigenvalue weighted by Gasteiger charge is -2.25. The Kier molecular flexibility index (Phi) is 9.81. The van der Waals surface area contributed by atoms with E-state index < -0.39 is 0 Å². The average Bonchev–Trinajstić information content (AvgIpc) is 3.33. The van der Waals surface area contributed by atoms with Crippen LogP contribution in [0.15, 0.2) is 39.3 Å². The molecule has 0 saturated heterocycles. The van der Waals surface area contributed by atoms with Crippen LogP contribution >= 0.6 is 0 Å². The topological polar surface area (TPSA) is 51.5 Å². The first kappa shape index (κ1) is 26.4. The number of allylic oxidation sites excluding steroid dienone is 3. The lowest BCUT2D eigenvalue weighted by Crippen LogP contribution is -2.15. The molecule has 1 aromatic rings. The predicted molar refractivity (Wildman–Crippen MR) is 133 cm³/mol. The monoisotopic (exact) mass is 414 g/mol. The van der Waals surface area contributed by atoms with Crippen LogP contribution in [0.25, 0.3) is 5.57 Å². The number of hydrogen-bond donors (Lipinski definition) is 1. The Bertz CT molecular complexity index is 751. The average molecular weight is 415 g/mol. The SMILES string of the molecule is CCC(C)C(C)(C)C.CN=C(/C=C(\C)CN)C1C=C(c2ccc(C(C)(C)C)o2)CC1. The molecular weight excluding hydrogens is 368 g/mol. The first-order valence-corrected chi connectivity index (χ1v) is 11.5. The summed E-state index contributed by atoms with van der Waals surface area (Å²) in [6.45, 7) is 20.6. The van der Waals surface area contributed by atoms with E-state index in [1.807, 2.05) is 14.0 Å². The Morgan fingerprint density at radius 2 is 1.87 bits per heavy atom. The maximum absolute atomic E-state index is 6.05. The van der Waals surface area contributed by atoms with E-state index in [2.05, 4.69) is 84.7 Å². The number of furan rings is 1. The second kappa shape index (κ2) is 11.1. The van der Waals surface area contributed by atoms with Gasteiger partial charge in [0.25, 0.3) is 0 Å². The van der Waals surface area contributed by atoms with Crippen LogP contribution in [-0.4, -0.2) is 19.3 Å².